The van der Waals surface area contributed by atoms with Crippen molar-refractivity contribution >= 4 is 28.0 Å². The SMILES string of the molecule is COc1ccc2ccccc2c1CCC(=O)NCc1ccccc1-c1ccsc1. The van der Waals surface area contributed by atoms with Crippen LogP contribution >= 0.6 is 11.3 Å². The van der Waals surface area contributed by atoms with Gasteiger partial charge in [0.05, 0.1) is 7.11 Å². The number of aryl methyl sites for hydroxylation is 1. The molecule has 0 bridgehead atoms. The highest BCUT2D eigenvalue weighted by Gasteiger charge is 2.11. The molecular formula is C25H23NO2S. The molecule has 1 heterocycles. The van der Waals surface area contributed by atoms with Gasteiger partial charge in [0.1, 0.15) is 5.75 Å². The number of carbonyl (C=O) groups excluding carboxylic acids is 1. The molecule has 0 aliphatic rings. The van der Waals surface area contributed by atoms with Crippen molar-refractivity contribution in [1.82, 2.24) is 5.32 Å². The third-order valence-electron chi connectivity index (χ3n) is 5.15. The van der Waals surface area contributed by atoms with Gasteiger partial charge in [-0.15, -0.1) is 0 Å². The second kappa shape index (κ2) is 8.93. The van der Waals surface area contributed by atoms with Crippen molar-refractivity contribution in [3.05, 3.63) is 88.6 Å². The van der Waals surface area contributed by atoms with Gasteiger partial charge in [0.15, 0.2) is 0 Å². The van der Waals surface area contributed by atoms with E-state index in [1.165, 1.54) is 11.1 Å². The molecule has 0 spiro atoms. The summed E-state index contributed by atoms with van der Waals surface area (Å²) in [7, 11) is 1.68. The van der Waals surface area contributed by atoms with E-state index in [1.54, 1.807) is 18.4 Å². The molecule has 4 heteroatoms. The van der Waals surface area contributed by atoms with Crippen molar-refractivity contribution in [2.24, 2.45) is 0 Å². The predicted molar refractivity (Wildman–Crippen MR) is 120 cm³/mol. The van der Waals surface area contributed by atoms with Gasteiger partial charge in [-0.05, 0) is 56.8 Å². The standard InChI is InChI=1S/C25H23NO2S/c1-28-24-12-10-18-6-2-5-9-22(18)23(24)11-13-25(27)26-16-19-7-3-4-8-21(19)20-14-15-29-17-20/h2-10,12,14-15,17H,11,13,16H2,1H3,(H,26,27). The molecule has 146 valence electrons. The normalized spacial score (nSPS) is 10.8. The summed E-state index contributed by atoms with van der Waals surface area (Å²) in [5, 5.41) is 9.59. The molecule has 1 N–H and O–H groups in total. The average Bonchev–Trinajstić information content (AvgIpc) is 3.31. The Labute approximate surface area is 175 Å². The fourth-order valence-corrected chi connectivity index (χ4v) is 4.32. The zero-order valence-corrected chi connectivity index (χ0v) is 17.2. The third kappa shape index (κ3) is 4.33. The topological polar surface area (TPSA) is 38.3 Å². The molecule has 29 heavy (non-hydrogen) atoms. The van der Waals surface area contributed by atoms with Crippen LogP contribution in [0.1, 0.15) is 17.5 Å². The van der Waals surface area contributed by atoms with Crippen LogP contribution in [0.5, 0.6) is 5.75 Å². The summed E-state index contributed by atoms with van der Waals surface area (Å²) < 4.78 is 5.54. The lowest BCUT2D eigenvalue weighted by Gasteiger charge is -2.13. The molecule has 0 saturated carbocycles. The largest absolute Gasteiger partial charge is 0.496 e. The lowest BCUT2D eigenvalue weighted by molar-refractivity contribution is -0.121. The second-order valence-electron chi connectivity index (χ2n) is 6.91. The Morgan fingerprint density at radius 2 is 1.83 bits per heavy atom. The van der Waals surface area contributed by atoms with Gasteiger partial charge in [0.2, 0.25) is 5.91 Å². The Kier molecular flexibility index (Phi) is 5.92. The first-order chi connectivity index (χ1) is 14.3. The van der Waals surface area contributed by atoms with Gasteiger partial charge in [-0.1, -0.05) is 54.6 Å². The minimum Gasteiger partial charge on any atom is -0.496 e. The number of hydrogen-bond acceptors (Lipinski definition) is 3. The number of benzene rings is 3. The van der Waals surface area contributed by atoms with Crippen LogP contribution in [-0.2, 0) is 17.8 Å². The Morgan fingerprint density at radius 1 is 1.00 bits per heavy atom. The first-order valence-corrected chi connectivity index (χ1v) is 10.6. The average molecular weight is 402 g/mol. The van der Waals surface area contributed by atoms with E-state index in [-0.39, 0.29) is 5.91 Å². The van der Waals surface area contributed by atoms with E-state index in [4.69, 9.17) is 4.74 Å². The Balaban J connectivity index is 1.44. The van der Waals surface area contributed by atoms with Crippen LogP contribution in [0.4, 0.5) is 0 Å². The van der Waals surface area contributed by atoms with Crippen LogP contribution in [0.2, 0.25) is 0 Å². The van der Waals surface area contributed by atoms with Gasteiger partial charge in [0, 0.05) is 18.5 Å². The predicted octanol–water partition coefficient (Wildman–Crippen LogP) is 5.83. The molecule has 0 aliphatic carbocycles. The van der Waals surface area contributed by atoms with Crippen molar-refractivity contribution in [3.8, 4) is 16.9 Å². The zero-order valence-electron chi connectivity index (χ0n) is 16.4. The number of methoxy groups -OCH3 is 1. The van der Waals surface area contributed by atoms with Crippen molar-refractivity contribution in [2.75, 3.05) is 7.11 Å². The highest BCUT2D eigenvalue weighted by Crippen LogP contribution is 2.29. The van der Waals surface area contributed by atoms with Gasteiger partial charge in [-0.3, -0.25) is 4.79 Å². The Bertz CT molecular complexity index is 1120. The van der Waals surface area contributed by atoms with Crippen LogP contribution < -0.4 is 10.1 Å². The Morgan fingerprint density at radius 3 is 2.66 bits per heavy atom. The molecule has 0 saturated heterocycles. The number of amides is 1. The van der Waals surface area contributed by atoms with Gasteiger partial charge < -0.3 is 10.1 Å². The summed E-state index contributed by atoms with van der Waals surface area (Å²) in [6, 6.07) is 22.6. The van der Waals surface area contributed by atoms with E-state index >= 15 is 0 Å². The van der Waals surface area contributed by atoms with Crippen LogP contribution in [-0.4, -0.2) is 13.0 Å². The highest BCUT2D eigenvalue weighted by molar-refractivity contribution is 7.08. The number of carbonyl (C=O) groups is 1. The van der Waals surface area contributed by atoms with Gasteiger partial charge in [-0.25, -0.2) is 0 Å². The van der Waals surface area contributed by atoms with Crippen LogP contribution in [0.25, 0.3) is 21.9 Å². The highest BCUT2D eigenvalue weighted by atomic mass is 32.1. The van der Waals surface area contributed by atoms with Gasteiger partial charge >= 0.3 is 0 Å². The maximum atomic E-state index is 12.6. The molecule has 0 fully saturated rings. The fourth-order valence-electron chi connectivity index (χ4n) is 3.66. The molecule has 0 aliphatic heterocycles. The third-order valence-corrected chi connectivity index (χ3v) is 5.83. The maximum Gasteiger partial charge on any atom is 0.220 e. The minimum atomic E-state index is 0.0418. The molecule has 1 amide bonds. The lowest BCUT2D eigenvalue weighted by Crippen LogP contribution is -2.23. The van der Waals surface area contributed by atoms with E-state index in [0.29, 0.717) is 19.4 Å². The van der Waals surface area contributed by atoms with Crippen LogP contribution in [0.15, 0.2) is 77.5 Å². The number of thiophene rings is 1. The number of ether oxygens (including phenoxy) is 1. The molecule has 1 aromatic heterocycles. The molecule has 4 rings (SSSR count). The number of rotatable bonds is 7. The Hall–Kier alpha value is -3.11. The molecule has 3 nitrogen and oxygen atoms in total. The van der Waals surface area contributed by atoms with Gasteiger partial charge in [0.25, 0.3) is 0 Å². The summed E-state index contributed by atoms with van der Waals surface area (Å²) in [5.74, 6) is 0.874. The molecule has 3 aromatic carbocycles. The monoisotopic (exact) mass is 401 g/mol. The van der Waals surface area contributed by atoms with Gasteiger partial charge in [-0.2, -0.15) is 11.3 Å². The molecule has 0 radical (unpaired) electrons. The first kappa shape index (κ1) is 19.2. The number of nitrogens with one attached hydrogen (secondary N) is 1. The van der Waals surface area contributed by atoms with Crippen LogP contribution in [0.3, 0.4) is 0 Å². The zero-order chi connectivity index (χ0) is 20.1. The van der Waals surface area contributed by atoms with E-state index in [9.17, 15) is 4.79 Å². The quantitative estimate of drug-likeness (QED) is 0.423. The maximum absolute atomic E-state index is 12.6. The molecule has 0 unspecified atom stereocenters. The summed E-state index contributed by atoms with van der Waals surface area (Å²) >= 11 is 1.68. The van der Waals surface area contributed by atoms with E-state index < -0.39 is 0 Å². The first-order valence-electron chi connectivity index (χ1n) is 9.68. The van der Waals surface area contributed by atoms with Crippen molar-refractivity contribution < 1.29 is 9.53 Å². The number of hydrogen-bond donors (Lipinski definition) is 1. The van der Waals surface area contributed by atoms with Crippen molar-refractivity contribution in [2.45, 2.75) is 19.4 Å². The lowest BCUT2D eigenvalue weighted by atomic mass is 9.99. The summed E-state index contributed by atoms with van der Waals surface area (Å²) in [5.41, 5.74) is 4.58. The number of fused-ring (bicyclic) bond motifs is 1. The molecular weight excluding hydrogens is 378 g/mol. The smallest absolute Gasteiger partial charge is 0.220 e. The fraction of sp³-hybridized carbons (Fsp3) is 0.160. The van der Waals surface area contributed by atoms with Crippen molar-refractivity contribution in [1.29, 1.82) is 0 Å². The van der Waals surface area contributed by atoms with E-state index in [0.717, 1.165) is 27.6 Å². The van der Waals surface area contributed by atoms with E-state index in [2.05, 4.69) is 52.5 Å². The summed E-state index contributed by atoms with van der Waals surface area (Å²) in [4.78, 5) is 12.6. The molecule has 0 atom stereocenters. The summed E-state index contributed by atoms with van der Waals surface area (Å²) in [6.45, 7) is 0.525. The van der Waals surface area contributed by atoms with E-state index in [1.807, 2.05) is 30.3 Å². The summed E-state index contributed by atoms with van der Waals surface area (Å²) in [6.07, 6.45) is 1.06. The minimum absolute atomic E-state index is 0.0418. The molecule has 4 aromatic rings. The second-order valence-corrected chi connectivity index (χ2v) is 7.69. The van der Waals surface area contributed by atoms with Crippen LogP contribution in [0, 0.1) is 0 Å². The van der Waals surface area contributed by atoms with Crippen molar-refractivity contribution in [3.63, 3.8) is 0 Å².